The van der Waals surface area contributed by atoms with Crippen LogP contribution in [0.2, 0.25) is 0 Å². The molecule has 0 radical (unpaired) electrons. The minimum absolute atomic E-state index is 0.172. The van der Waals surface area contributed by atoms with E-state index in [4.69, 9.17) is 10.6 Å². The van der Waals surface area contributed by atoms with Gasteiger partial charge in [-0.15, -0.1) is 0 Å². The van der Waals surface area contributed by atoms with E-state index in [-0.39, 0.29) is 6.61 Å². The Morgan fingerprint density at radius 1 is 1.29 bits per heavy atom. The van der Waals surface area contributed by atoms with E-state index in [0.29, 0.717) is 0 Å². The molecular weight excluding hydrogens is 216 g/mol. The second-order valence-electron chi connectivity index (χ2n) is 3.67. The highest BCUT2D eigenvalue weighted by atomic mass is 16.3. The van der Waals surface area contributed by atoms with Gasteiger partial charge in [0.1, 0.15) is 0 Å². The molecule has 0 saturated heterocycles. The lowest BCUT2D eigenvalue weighted by molar-refractivity contribution is 0.268. The number of anilines is 1. The summed E-state index contributed by atoms with van der Waals surface area (Å²) < 4.78 is 0. The number of hydrogen-bond acceptors (Lipinski definition) is 3. The van der Waals surface area contributed by atoms with Crippen molar-refractivity contribution in [2.24, 2.45) is 5.11 Å². The third kappa shape index (κ3) is 3.37. The summed E-state index contributed by atoms with van der Waals surface area (Å²) in [5, 5.41) is 12.7. The van der Waals surface area contributed by atoms with Gasteiger partial charge in [0.05, 0.1) is 12.6 Å². The average Bonchev–Trinajstić information content (AvgIpc) is 2.38. The van der Waals surface area contributed by atoms with Crippen LogP contribution in [0.4, 0.5) is 5.69 Å². The minimum Gasteiger partial charge on any atom is -0.396 e. The fraction of sp³-hybridized carbons (Fsp3) is 0.500. The lowest BCUT2D eigenvalue weighted by Crippen LogP contribution is -2.21. The van der Waals surface area contributed by atoms with Gasteiger partial charge >= 0.3 is 0 Å². The summed E-state index contributed by atoms with van der Waals surface area (Å²) in [4.78, 5) is 4.96. The molecule has 0 aliphatic carbocycles. The average molecular weight is 234 g/mol. The fourth-order valence-electron chi connectivity index (χ4n) is 1.77. The monoisotopic (exact) mass is 234 g/mol. The van der Waals surface area contributed by atoms with Crippen LogP contribution in [0.3, 0.4) is 0 Å². The summed E-state index contributed by atoms with van der Waals surface area (Å²) in [6, 6.07) is 7.26. The molecule has 1 atom stereocenters. The third-order valence-electron chi connectivity index (χ3n) is 2.77. The normalized spacial score (nSPS) is 11.7. The zero-order valence-corrected chi connectivity index (χ0v) is 10.2. The van der Waals surface area contributed by atoms with Gasteiger partial charge in [0.25, 0.3) is 0 Å². The predicted molar refractivity (Wildman–Crippen MR) is 69.0 cm³/mol. The van der Waals surface area contributed by atoms with Crippen molar-refractivity contribution in [3.8, 4) is 0 Å². The largest absolute Gasteiger partial charge is 0.396 e. The van der Waals surface area contributed by atoms with Gasteiger partial charge in [-0.1, -0.05) is 17.2 Å². The van der Waals surface area contributed by atoms with Crippen LogP contribution in [-0.2, 0) is 0 Å². The second kappa shape index (κ2) is 6.78. The van der Waals surface area contributed by atoms with Gasteiger partial charge in [0.15, 0.2) is 0 Å². The van der Waals surface area contributed by atoms with Crippen molar-refractivity contribution in [1.82, 2.24) is 0 Å². The van der Waals surface area contributed by atoms with Gasteiger partial charge in [-0.05, 0) is 37.1 Å². The lowest BCUT2D eigenvalue weighted by Gasteiger charge is -2.21. The molecule has 1 aromatic rings. The van der Waals surface area contributed by atoms with Crippen molar-refractivity contribution in [3.05, 3.63) is 40.3 Å². The van der Waals surface area contributed by atoms with Gasteiger partial charge in [-0.2, -0.15) is 0 Å². The van der Waals surface area contributed by atoms with Gasteiger partial charge < -0.3 is 10.0 Å². The van der Waals surface area contributed by atoms with E-state index in [1.807, 2.05) is 24.3 Å². The van der Waals surface area contributed by atoms with Gasteiger partial charge in [0, 0.05) is 23.7 Å². The van der Waals surface area contributed by atoms with Crippen molar-refractivity contribution in [2.45, 2.75) is 19.9 Å². The number of benzene rings is 1. The maximum Gasteiger partial charge on any atom is 0.0856 e. The first kappa shape index (κ1) is 13.4. The zero-order valence-electron chi connectivity index (χ0n) is 10.2. The molecule has 0 aliphatic heterocycles. The van der Waals surface area contributed by atoms with Crippen molar-refractivity contribution < 1.29 is 5.11 Å². The highest BCUT2D eigenvalue weighted by Crippen LogP contribution is 2.21. The highest BCUT2D eigenvalue weighted by Gasteiger charge is 2.08. The maximum atomic E-state index is 9.11. The SMILES string of the molecule is CCN(CC)c1ccc(C(CO)N=[N+]=[N-])cc1. The molecule has 1 aromatic carbocycles. The smallest absolute Gasteiger partial charge is 0.0856 e. The molecule has 17 heavy (non-hydrogen) atoms. The summed E-state index contributed by atoms with van der Waals surface area (Å²) in [6.07, 6.45) is 0. The van der Waals surface area contributed by atoms with Crippen LogP contribution in [0.1, 0.15) is 25.5 Å². The molecule has 5 heteroatoms. The predicted octanol–water partition coefficient (Wildman–Crippen LogP) is 2.88. The molecule has 0 aliphatic rings. The van der Waals surface area contributed by atoms with Crippen LogP contribution in [-0.4, -0.2) is 24.8 Å². The molecule has 0 spiro atoms. The summed E-state index contributed by atoms with van der Waals surface area (Å²) in [5.74, 6) is 0. The van der Waals surface area contributed by atoms with Crippen LogP contribution in [0.25, 0.3) is 10.4 Å². The van der Waals surface area contributed by atoms with E-state index < -0.39 is 6.04 Å². The number of nitrogens with zero attached hydrogens (tertiary/aromatic N) is 4. The van der Waals surface area contributed by atoms with Crippen molar-refractivity contribution in [3.63, 3.8) is 0 Å². The molecular formula is C12H18N4O. The molecule has 5 nitrogen and oxygen atoms in total. The van der Waals surface area contributed by atoms with E-state index in [9.17, 15) is 0 Å². The number of hydrogen-bond donors (Lipinski definition) is 1. The number of aliphatic hydroxyl groups is 1. The molecule has 0 heterocycles. The molecule has 1 unspecified atom stereocenters. The minimum atomic E-state index is -0.495. The Morgan fingerprint density at radius 2 is 1.88 bits per heavy atom. The first-order valence-corrected chi connectivity index (χ1v) is 5.76. The van der Waals surface area contributed by atoms with E-state index in [2.05, 4.69) is 28.8 Å². The Hall–Kier alpha value is -1.71. The van der Waals surface area contributed by atoms with Gasteiger partial charge in [-0.3, -0.25) is 0 Å². The quantitative estimate of drug-likeness (QED) is 0.467. The van der Waals surface area contributed by atoms with Crippen molar-refractivity contribution in [1.29, 1.82) is 0 Å². The van der Waals surface area contributed by atoms with Crippen LogP contribution in [0.15, 0.2) is 29.4 Å². The topological polar surface area (TPSA) is 72.2 Å². The number of aliphatic hydroxyl groups excluding tert-OH is 1. The van der Waals surface area contributed by atoms with E-state index in [1.54, 1.807) is 0 Å². The summed E-state index contributed by atoms with van der Waals surface area (Å²) in [7, 11) is 0. The lowest BCUT2D eigenvalue weighted by atomic mass is 10.1. The maximum absolute atomic E-state index is 9.11. The first-order chi connectivity index (χ1) is 8.26. The van der Waals surface area contributed by atoms with Crippen LogP contribution < -0.4 is 4.90 Å². The molecule has 0 saturated carbocycles. The fourth-order valence-corrected chi connectivity index (χ4v) is 1.77. The Labute approximate surface area is 101 Å². The summed E-state index contributed by atoms with van der Waals surface area (Å²) >= 11 is 0. The molecule has 92 valence electrons. The standard InChI is InChI=1S/C12H18N4O/c1-3-16(4-2)11-7-5-10(6-8-11)12(9-17)14-15-13/h5-8,12,17H,3-4,9H2,1-2H3. The van der Waals surface area contributed by atoms with Crippen molar-refractivity contribution >= 4 is 5.69 Å². The third-order valence-corrected chi connectivity index (χ3v) is 2.77. The molecule has 1 N–H and O–H groups in total. The molecule has 0 amide bonds. The molecule has 0 bridgehead atoms. The number of rotatable bonds is 6. The highest BCUT2D eigenvalue weighted by molar-refractivity contribution is 5.47. The summed E-state index contributed by atoms with van der Waals surface area (Å²) in [5.41, 5.74) is 10.4. The van der Waals surface area contributed by atoms with Gasteiger partial charge in [-0.25, -0.2) is 0 Å². The van der Waals surface area contributed by atoms with Crippen molar-refractivity contribution in [2.75, 3.05) is 24.6 Å². The second-order valence-corrected chi connectivity index (χ2v) is 3.67. The van der Waals surface area contributed by atoms with E-state index >= 15 is 0 Å². The Kier molecular flexibility index (Phi) is 5.33. The van der Waals surface area contributed by atoms with Gasteiger partial charge in [0.2, 0.25) is 0 Å². The Morgan fingerprint density at radius 3 is 2.29 bits per heavy atom. The number of azide groups is 1. The molecule has 0 aromatic heterocycles. The van der Waals surface area contributed by atoms with Crippen LogP contribution >= 0.6 is 0 Å². The Balaban J connectivity index is 2.89. The first-order valence-electron chi connectivity index (χ1n) is 5.76. The molecule has 0 fully saturated rings. The zero-order chi connectivity index (χ0) is 12.7. The van der Waals surface area contributed by atoms with E-state index in [0.717, 1.165) is 24.3 Å². The Bertz CT molecular complexity index is 380. The van der Waals surface area contributed by atoms with Crippen LogP contribution in [0, 0.1) is 0 Å². The summed E-state index contributed by atoms with van der Waals surface area (Å²) in [6.45, 7) is 5.95. The van der Waals surface area contributed by atoms with E-state index in [1.165, 1.54) is 0 Å². The molecule has 1 rings (SSSR count). The van der Waals surface area contributed by atoms with Crippen LogP contribution in [0.5, 0.6) is 0 Å².